The zero-order valence-corrected chi connectivity index (χ0v) is 22.5. The molecule has 0 saturated heterocycles. The third-order valence-corrected chi connectivity index (χ3v) is 11.7. The maximum Gasteiger partial charge on any atom is 0.323 e. The van der Waals surface area contributed by atoms with Crippen LogP contribution in [0.4, 0.5) is 0 Å². The second-order valence-corrected chi connectivity index (χ2v) is 13.2. The third kappa shape index (κ3) is 6.03. The molecule has 196 valence electrons. The molecule has 0 saturated carbocycles. The van der Waals surface area contributed by atoms with Gasteiger partial charge in [0.2, 0.25) is 0 Å². The first kappa shape index (κ1) is 27.2. The summed E-state index contributed by atoms with van der Waals surface area (Å²) < 4.78 is 47.2. The van der Waals surface area contributed by atoms with Crippen LogP contribution in [0.5, 0.6) is 0 Å². The van der Waals surface area contributed by atoms with Crippen molar-refractivity contribution in [2.75, 3.05) is 27.3 Å². The maximum absolute atomic E-state index is 14.2. The predicted octanol–water partition coefficient (Wildman–Crippen LogP) is 4.62. The Morgan fingerprint density at radius 2 is 1.11 bits per heavy atom. The molecule has 0 spiro atoms. The van der Waals surface area contributed by atoms with Crippen molar-refractivity contribution < 1.29 is 32.5 Å². The molecule has 2 aliphatic heterocycles. The summed E-state index contributed by atoms with van der Waals surface area (Å²) in [5, 5.41) is 0. The van der Waals surface area contributed by atoms with E-state index in [2.05, 4.69) is 0 Å². The lowest BCUT2D eigenvalue weighted by Gasteiger charge is -2.35. The van der Waals surface area contributed by atoms with Crippen LogP contribution in [0.3, 0.4) is 0 Å². The van der Waals surface area contributed by atoms with Gasteiger partial charge in [-0.05, 0) is 24.0 Å². The van der Waals surface area contributed by atoms with Crippen LogP contribution >= 0.6 is 15.0 Å². The molecule has 0 aromatic heterocycles. The smallest absolute Gasteiger partial charge is 0.323 e. The van der Waals surface area contributed by atoms with Crippen molar-refractivity contribution in [1.82, 2.24) is 9.34 Å². The first-order valence-corrected chi connectivity index (χ1v) is 15.1. The van der Waals surface area contributed by atoms with E-state index in [4.69, 9.17) is 13.8 Å². The highest BCUT2D eigenvalue weighted by Gasteiger charge is 2.50. The Balaban J connectivity index is 1.62. The number of esters is 2. The molecule has 2 unspecified atom stereocenters. The largest absolute Gasteiger partial charge is 0.468 e. The van der Waals surface area contributed by atoms with Crippen molar-refractivity contribution in [2.24, 2.45) is 0 Å². The first-order chi connectivity index (χ1) is 17.8. The molecule has 0 amide bonds. The number of rotatable bonds is 10. The summed E-state index contributed by atoms with van der Waals surface area (Å²) in [7, 11) is -5.28. The maximum atomic E-state index is 14.2. The molecule has 0 radical (unpaired) electrons. The van der Waals surface area contributed by atoms with Gasteiger partial charge in [0.05, 0.1) is 14.2 Å². The molecule has 11 heteroatoms. The highest BCUT2D eigenvalue weighted by Crippen LogP contribution is 2.72. The molecule has 0 aliphatic carbocycles. The van der Waals surface area contributed by atoms with E-state index in [-0.39, 0.29) is 25.9 Å². The first-order valence-electron chi connectivity index (χ1n) is 11.8. The van der Waals surface area contributed by atoms with E-state index in [1.165, 1.54) is 35.2 Å². The number of ether oxygens (including phenoxy) is 2. The van der Waals surface area contributed by atoms with E-state index in [0.29, 0.717) is 0 Å². The Morgan fingerprint density at radius 1 is 0.730 bits per heavy atom. The van der Waals surface area contributed by atoms with Crippen LogP contribution < -0.4 is 0 Å². The predicted molar refractivity (Wildman–Crippen MR) is 140 cm³/mol. The van der Waals surface area contributed by atoms with Crippen LogP contribution in [0.15, 0.2) is 84.4 Å². The van der Waals surface area contributed by atoms with Gasteiger partial charge in [-0.2, -0.15) is 0 Å². The van der Waals surface area contributed by atoms with Crippen LogP contribution in [-0.2, 0) is 45.3 Å². The van der Waals surface area contributed by atoms with Gasteiger partial charge >= 0.3 is 27.0 Å². The fourth-order valence-corrected chi connectivity index (χ4v) is 9.87. The highest BCUT2D eigenvalue weighted by atomic mass is 31.2. The summed E-state index contributed by atoms with van der Waals surface area (Å²) >= 11 is 0. The number of hydrogen-bond acceptors (Lipinski definition) is 7. The SMILES string of the molecule is COC(=O)[C@H](Cc1ccccc1)N1CC=CP1(=O)OP1(=O)C=CCN1[C@@H](Cc1ccccc1)C(=O)OC. The zero-order chi connectivity index (χ0) is 26.5. The van der Waals surface area contributed by atoms with Gasteiger partial charge in [0.25, 0.3) is 0 Å². The second kappa shape index (κ2) is 11.7. The molecule has 37 heavy (non-hydrogen) atoms. The average molecular weight is 544 g/mol. The van der Waals surface area contributed by atoms with Gasteiger partial charge in [-0.1, -0.05) is 72.8 Å². The Hall–Kier alpha value is -2.80. The number of nitrogens with zero attached hydrogens (tertiary/aromatic N) is 2. The number of methoxy groups -OCH3 is 2. The molecule has 2 heterocycles. The second-order valence-electron chi connectivity index (χ2n) is 8.68. The van der Waals surface area contributed by atoms with Gasteiger partial charge in [-0.15, -0.1) is 0 Å². The minimum Gasteiger partial charge on any atom is -0.468 e. The minimum absolute atomic E-state index is 0.151. The summed E-state index contributed by atoms with van der Waals surface area (Å²) in [4.78, 5) is 25.6. The fourth-order valence-electron chi connectivity index (χ4n) is 4.50. The average Bonchev–Trinajstić information content (AvgIpc) is 3.47. The van der Waals surface area contributed by atoms with Crippen molar-refractivity contribution in [3.8, 4) is 0 Å². The number of carbonyl (C=O) groups excluding carboxylic acids is 2. The number of benzene rings is 2. The molecule has 9 nitrogen and oxygen atoms in total. The number of hydrogen-bond donors (Lipinski definition) is 0. The summed E-state index contributed by atoms with van der Waals surface area (Å²) in [5.74, 6) is 1.57. The summed E-state index contributed by atoms with van der Waals surface area (Å²) in [5.41, 5.74) is 1.69. The standard InChI is InChI=1S/C26H30N2O7P2/c1-33-25(29)23(19-21-11-5-3-6-12-21)27-15-9-17-36(27,31)35-37(32)18-10-16-28(37)24(26(30)34-2)20-22-13-7-4-8-14-22/h3-14,17-18,23-24H,15-16,19-20H2,1-2H3/t23-,24-,36?,37?/m0/s1. The van der Waals surface area contributed by atoms with E-state index in [1.54, 1.807) is 12.2 Å². The number of carbonyl (C=O) groups is 2. The Labute approximate surface area is 216 Å². The van der Waals surface area contributed by atoms with E-state index in [0.717, 1.165) is 11.1 Å². The van der Waals surface area contributed by atoms with Gasteiger partial charge in [-0.3, -0.25) is 18.7 Å². The monoisotopic (exact) mass is 544 g/mol. The molecule has 2 aromatic rings. The van der Waals surface area contributed by atoms with Crippen LogP contribution in [0.2, 0.25) is 0 Å². The van der Waals surface area contributed by atoms with Crippen molar-refractivity contribution in [3.05, 3.63) is 95.6 Å². The molecule has 2 aliphatic rings. The molecule has 0 fully saturated rings. The molecule has 0 N–H and O–H groups in total. The summed E-state index contributed by atoms with van der Waals surface area (Å²) in [6, 6.07) is 16.7. The third-order valence-electron chi connectivity index (χ3n) is 6.33. The van der Waals surface area contributed by atoms with Crippen LogP contribution in [0.1, 0.15) is 11.1 Å². The fraction of sp³-hybridized carbons (Fsp3) is 0.308. The van der Waals surface area contributed by atoms with Crippen LogP contribution in [0.25, 0.3) is 0 Å². The molecular formula is C26H30N2O7P2. The normalized spacial score (nSPS) is 25.1. The van der Waals surface area contributed by atoms with Crippen molar-refractivity contribution in [2.45, 2.75) is 24.9 Å². The molecule has 0 bridgehead atoms. The minimum atomic E-state index is -3.91. The quantitative estimate of drug-likeness (QED) is 0.313. The van der Waals surface area contributed by atoms with Crippen molar-refractivity contribution >= 4 is 27.0 Å². The summed E-state index contributed by atoms with van der Waals surface area (Å²) in [6.45, 7) is 0.302. The van der Waals surface area contributed by atoms with Crippen LogP contribution in [0, 0.1) is 0 Å². The van der Waals surface area contributed by atoms with Gasteiger partial charge in [0, 0.05) is 24.7 Å². The van der Waals surface area contributed by atoms with E-state index in [9.17, 15) is 18.7 Å². The van der Waals surface area contributed by atoms with Crippen molar-refractivity contribution in [3.63, 3.8) is 0 Å². The molecule has 4 atom stereocenters. The topological polar surface area (TPSA) is 102 Å². The van der Waals surface area contributed by atoms with Crippen molar-refractivity contribution in [1.29, 1.82) is 0 Å². The van der Waals surface area contributed by atoms with Gasteiger partial charge in [-0.25, -0.2) is 13.7 Å². The lowest BCUT2D eigenvalue weighted by molar-refractivity contribution is -0.145. The zero-order valence-electron chi connectivity index (χ0n) is 20.7. The Morgan fingerprint density at radius 3 is 1.46 bits per heavy atom. The van der Waals surface area contributed by atoms with E-state index in [1.807, 2.05) is 60.7 Å². The lowest BCUT2D eigenvalue weighted by atomic mass is 10.1. The lowest BCUT2D eigenvalue weighted by Crippen LogP contribution is -2.42. The highest BCUT2D eigenvalue weighted by molar-refractivity contribution is 7.73. The van der Waals surface area contributed by atoms with Crippen LogP contribution in [-0.4, -0.2) is 60.7 Å². The Kier molecular flexibility index (Phi) is 8.63. The van der Waals surface area contributed by atoms with E-state index < -0.39 is 39.1 Å². The molecular weight excluding hydrogens is 514 g/mol. The van der Waals surface area contributed by atoms with Gasteiger partial charge in [0.15, 0.2) is 0 Å². The summed E-state index contributed by atoms with van der Waals surface area (Å²) in [6.07, 6.45) is 3.70. The molecule has 4 rings (SSSR count). The van der Waals surface area contributed by atoms with Gasteiger partial charge in [0.1, 0.15) is 12.1 Å². The molecule has 2 aromatic carbocycles. The van der Waals surface area contributed by atoms with E-state index >= 15 is 0 Å². The van der Waals surface area contributed by atoms with Gasteiger partial charge < -0.3 is 9.47 Å². The Bertz CT molecular complexity index is 1170.